The van der Waals surface area contributed by atoms with Crippen molar-refractivity contribution >= 4 is 17.7 Å². The Hall–Kier alpha value is -2.49. The average molecular weight is 448 g/mol. The van der Waals surface area contributed by atoms with Crippen LogP contribution < -0.4 is 22.5 Å². The molecule has 0 saturated carbocycles. The van der Waals surface area contributed by atoms with E-state index in [1.165, 1.54) is 0 Å². The number of carbonyl (C=O) groups excluding carboxylic acids is 3. The molecule has 0 aromatic heterocycles. The number of aliphatic hydroxyl groups excluding tert-OH is 1. The first kappa shape index (κ1) is 25.8. The van der Waals surface area contributed by atoms with Gasteiger partial charge in [0.05, 0.1) is 24.6 Å². The number of nitrogens with one attached hydrogen (secondary N) is 1. The predicted molar refractivity (Wildman–Crippen MR) is 122 cm³/mol. The highest BCUT2D eigenvalue weighted by Crippen LogP contribution is 2.39. The van der Waals surface area contributed by atoms with Crippen LogP contribution in [0.2, 0.25) is 0 Å². The largest absolute Gasteiger partial charge is 0.391 e. The van der Waals surface area contributed by atoms with Crippen LogP contribution in [-0.4, -0.2) is 63.5 Å². The minimum atomic E-state index is -1.12. The molecule has 8 N–H and O–H groups in total. The fraction of sp³-hybridized carbons (Fsp3) is 0.609. The Morgan fingerprint density at radius 1 is 1.19 bits per heavy atom. The highest BCUT2D eigenvalue weighted by Gasteiger charge is 2.51. The molecule has 178 valence electrons. The van der Waals surface area contributed by atoms with Crippen molar-refractivity contribution in [3.05, 3.63) is 35.9 Å². The van der Waals surface area contributed by atoms with E-state index in [2.05, 4.69) is 5.32 Å². The van der Waals surface area contributed by atoms with Crippen LogP contribution in [0.4, 0.5) is 0 Å². The lowest BCUT2D eigenvalue weighted by atomic mass is 9.82. The van der Waals surface area contributed by atoms with Gasteiger partial charge in [0.2, 0.25) is 17.7 Å². The van der Waals surface area contributed by atoms with Crippen molar-refractivity contribution < 1.29 is 19.5 Å². The Bertz CT molecular complexity index is 810. The van der Waals surface area contributed by atoms with E-state index in [0.29, 0.717) is 19.4 Å². The highest BCUT2D eigenvalue weighted by atomic mass is 16.3. The molecule has 9 nitrogen and oxygen atoms in total. The Morgan fingerprint density at radius 2 is 1.81 bits per heavy atom. The average Bonchev–Trinajstić information content (AvgIpc) is 3.13. The quantitative estimate of drug-likeness (QED) is 0.333. The Morgan fingerprint density at radius 3 is 2.34 bits per heavy atom. The number of carbonyl (C=O) groups is 3. The van der Waals surface area contributed by atoms with E-state index in [-0.39, 0.29) is 18.4 Å². The van der Waals surface area contributed by atoms with E-state index in [4.69, 9.17) is 17.2 Å². The maximum Gasteiger partial charge on any atom is 0.238 e. The van der Waals surface area contributed by atoms with E-state index in [9.17, 15) is 19.5 Å². The number of primary amides is 2. The molecule has 1 aromatic carbocycles. The van der Waals surface area contributed by atoms with Gasteiger partial charge in [-0.2, -0.15) is 0 Å². The lowest BCUT2D eigenvalue weighted by molar-refractivity contribution is -0.135. The first-order chi connectivity index (χ1) is 14.9. The molecule has 0 radical (unpaired) electrons. The summed E-state index contributed by atoms with van der Waals surface area (Å²) in [6.07, 6.45) is 0.332. The van der Waals surface area contributed by atoms with Gasteiger partial charge in [-0.05, 0) is 52.1 Å². The normalized spacial score (nSPS) is 22.2. The molecule has 0 bridgehead atoms. The summed E-state index contributed by atoms with van der Waals surface area (Å²) in [7, 11) is 0. The van der Waals surface area contributed by atoms with Gasteiger partial charge < -0.3 is 27.6 Å². The van der Waals surface area contributed by atoms with Gasteiger partial charge in [-0.25, -0.2) is 0 Å². The maximum absolute atomic E-state index is 12.7. The standard InChI is InChI=1S/C23H37N5O4/c1-22(2,3)28-11-7-10-23(28,21(26)32)14-18(29)17(12-15-8-5-4-6-9-15)27-20(31)16(24)13-19(25)30/h4-6,8-9,16-18,29H,7,10-14,24H2,1-3H3,(H2,25,30)(H2,26,32)(H,27,31)/t16-,17-,18+,23+/m0/s1. The van der Waals surface area contributed by atoms with Crippen molar-refractivity contribution in [2.24, 2.45) is 17.2 Å². The zero-order chi connectivity index (χ0) is 24.1. The number of rotatable bonds is 10. The smallest absolute Gasteiger partial charge is 0.238 e. The Balaban J connectivity index is 2.29. The third-order valence-electron chi connectivity index (χ3n) is 6.15. The summed E-state index contributed by atoms with van der Waals surface area (Å²) in [6, 6.07) is 7.51. The number of benzene rings is 1. The van der Waals surface area contributed by atoms with E-state index in [0.717, 1.165) is 12.0 Å². The zero-order valence-electron chi connectivity index (χ0n) is 19.2. The zero-order valence-corrected chi connectivity index (χ0v) is 19.2. The number of hydrogen-bond acceptors (Lipinski definition) is 6. The van der Waals surface area contributed by atoms with Crippen molar-refractivity contribution in [1.82, 2.24) is 10.2 Å². The molecule has 0 aliphatic carbocycles. The minimum Gasteiger partial charge on any atom is -0.391 e. The second kappa shape index (κ2) is 10.4. The van der Waals surface area contributed by atoms with E-state index >= 15 is 0 Å². The summed E-state index contributed by atoms with van der Waals surface area (Å²) in [5, 5.41) is 14.0. The second-order valence-electron chi connectivity index (χ2n) is 9.68. The van der Waals surface area contributed by atoms with Gasteiger partial charge in [-0.3, -0.25) is 19.3 Å². The molecular weight excluding hydrogens is 410 g/mol. The third-order valence-corrected chi connectivity index (χ3v) is 6.15. The first-order valence-corrected chi connectivity index (χ1v) is 11.0. The third kappa shape index (κ3) is 6.27. The van der Waals surface area contributed by atoms with Gasteiger partial charge in [0.15, 0.2) is 0 Å². The van der Waals surface area contributed by atoms with Crippen LogP contribution in [0.5, 0.6) is 0 Å². The number of nitrogens with zero attached hydrogens (tertiary/aromatic N) is 1. The summed E-state index contributed by atoms with van der Waals surface area (Å²) in [5.74, 6) is -1.76. The van der Waals surface area contributed by atoms with Crippen LogP contribution in [0.1, 0.15) is 52.0 Å². The van der Waals surface area contributed by atoms with E-state index in [1.54, 1.807) is 0 Å². The van der Waals surface area contributed by atoms with Crippen LogP contribution >= 0.6 is 0 Å². The fourth-order valence-electron chi connectivity index (χ4n) is 4.66. The van der Waals surface area contributed by atoms with Crippen molar-refractivity contribution in [2.75, 3.05) is 6.54 Å². The summed E-state index contributed by atoms with van der Waals surface area (Å²) in [5.41, 5.74) is 16.4. The van der Waals surface area contributed by atoms with Crippen LogP contribution in [-0.2, 0) is 20.8 Å². The number of nitrogens with two attached hydrogens (primary N) is 3. The second-order valence-corrected chi connectivity index (χ2v) is 9.68. The Labute approximate surface area is 189 Å². The van der Waals surface area contributed by atoms with Gasteiger partial charge in [0.1, 0.15) is 5.54 Å². The maximum atomic E-state index is 12.7. The van der Waals surface area contributed by atoms with E-state index < -0.39 is 41.4 Å². The molecule has 0 unspecified atom stereocenters. The monoisotopic (exact) mass is 447 g/mol. The van der Waals surface area contributed by atoms with Crippen molar-refractivity contribution in [3.63, 3.8) is 0 Å². The van der Waals surface area contributed by atoms with Gasteiger partial charge in [-0.15, -0.1) is 0 Å². The van der Waals surface area contributed by atoms with E-state index in [1.807, 2.05) is 56.0 Å². The lowest BCUT2D eigenvalue weighted by Gasteiger charge is -2.45. The molecule has 2 rings (SSSR count). The number of amides is 3. The van der Waals surface area contributed by atoms with Crippen LogP contribution in [0.15, 0.2) is 30.3 Å². The first-order valence-electron chi connectivity index (χ1n) is 11.0. The van der Waals surface area contributed by atoms with Gasteiger partial charge in [-0.1, -0.05) is 30.3 Å². The minimum absolute atomic E-state index is 0.0719. The molecule has 1 aliphatic rings. The van der Waals surface area contributed by atoms with Crippen molar-refractivity contribution in [1.29, 1.82) is 0 Å². The molecule has 0 spiro atoms. The summed E-state index contributed by atoms with van der Waals surface area (Å²) in [4.78, 5) is 38.5. The Kier molecular flexibility index (Phi) is 8.39. The summed E-state index contributed by atoms with van der Waals surface area (Å²) in [6.45, 7) is 6.72. The van der Waals surface area contributed by atoms with Gasteiger partial charge in [0, 0.05) is 12.0 Å². The molecule has 1 heterocycles. The van der Waals surface area contributed by atoms with Crippen molar-refractivity contribution in [2.45, 2.75) is 82.1 Å². The van der Waals surface area contributed by atoms with Crippen LogP contribution in [0.3, 0.4) is 0 Å². The van der Waals surface area contributed by atoms with Crippen LogP contribution in [0.25, 0.3) is 0 Å². The SMILES string of the molecule is CC(C)(C)N1CCC[C@@]1(C[C@@H](O)[C@H](Cc1ccccc1)NC(=O)[C@@H](N)CC(N)=O)C(N)=O. The number of likely N-dealkylation sites (tertiary alicyclic amines) is 1. The molecule has 9 heteroatoms. The molecule has 1 aliphatic heterocycles. The van der Waals surface area contributed by atoms with Gasteiger partial charge >= 0.3 is 0 Å². The van der Waals surface area contributed by atoms with Crippen LogP contribution in [0, 0.1) is 0 Å². The molecule has 1 fully saturated rings. The highest BCUT2D eigenvalue weighted by molar-refractivity contribution is 5.88. The number of aliphatic hydroxyl groups is 1. The summed E-state index contributed by atoms with van der Waals surface area (Å²) >= 11 is 0. The fourth-order valence-corrected chi connectivity index (χ4v) is 4.66. The molecular formula is C23H37N5O4. The topological polar surface area (TPSA) is 165 Å². The molecule has 4 atom stereocenters. The molecule has 3 amide bonds. The molecule has 1 aromatic rings. The molecule has 32 heavy (non-hydrogen) atoms. The number of hydrogen-bond donors (Lipinski definition) is 5. The summed E-state index contributed by atoms with van der Waals surface area (Å²) < 4.78 is 0. The lowest BCUT2D eigenvalue weighted by Crippen LogP contribution is -2.63. The van der Waals surface area contributed by atoms with Crippen molar-refractivity contribution in [3.8, 4) is 0 Å². The predicted octanol–water partition coefficient (Wildman–Crippen LogP) is -0.214. The van der Waals surface area contributed by atoms with Gasteiger partial charge in [0.25, 0.3) is 0 Å². The molecule has 1 saturated heterocycles.